The van der Waals surface area contributed by atoms with E-state index in [2.05, 4.69) is 4.99 Å². The van der Waals surface area contributed by atoms with Crippen molar-refractivity contribution in [2.24, 2.45) is 10.7 Å². The number of ether oxygens (including phenoxy) is 1. The second-order valence-corrected chi connectivity index (χ2v) is 7.80. The molecule has 2 N–H and O–H groups in total. The fourth-order valence-electron chi connectivity index (χ4n) is 3.15. The highest BCUT2D eigenvalue weighted by Crippen LogP contribution is 2.33. The number of para-hydroxylation sites is 2. The third kappa shape index (κ3) is 4.83. The summed E-state index contributed by atoms with van der Waals surface area (Å²) < 4.78 is 5.44. The van der Waals surface area contributed by atoms with Crippen molar-refractivity contribution in [2.75, 3.05) is 18.6 Å². The number of nitrogens with zero attached hydrogens (tertiary/aromatic N) is 2. The first-order valence-electron chi connectivity index (χ1n) is 9.23. The first-order valence-corrected chi connectivity index (χ1v) is 10.0. The molecular formula is C22H21Cl2N3O3. The summed E-state index contributed by atoms with van der Waals surface area (Å²) in [6, 6.07) is 12.0. The number of hydrogen-bond acceptors (Lipinski definition) is 4. The number of anilines is 1. The number of primary amides is 1. The molecule has 0 bridgehead atoms. The molecule has 2 amide bonds. The maximum atomic E-state index is 13.2. The maximum absolute atomic E-state index is 13.2. The van der Waals surface area contributed by atoms with E-state index >= 15 is 0 Å². The molecule has 6 nitrogen and oxygen atoms in total. The Morgan fingerprint density at radius 3 is 2.70 bits per heavy atom. The Labute approximate surface area is 184 Å². The van der Waals surface area contributed by atoms with Gasteiger partial charge in [0, 0.05) is 41.4 Å². The van der Waals surface area contributed by atoms with E-state index in [1.54, 1.807) is 55.7 Å². The standard InChI is InChI=1S/C22H21Cl2N3O3/c1-13-9-20(24)26-11-16(13)15-10-14(7-8-17(15)23)22(29)27(2)18-5-3-4-6-19(18)30-12-21(25)28/h3-8,10-11,20H,9,12H2,1-2H3,(H2,25,28). The minimum absolute atomic E-state index is 0.260. The molecule has 0 saturated carbocycles. The first-order chi connectivity index (χ1) is 14.3. The van der Waals surface area contributed by atoms with Crippen LogP contribution in [0.3, 0.4) is 0 Å². The van der Waals surface area contributed by atoms with Crippen LogP contribution >= 0.6 is 23.2 Å². The summed E-state index contributed by atoms with van der Waals surface area (Å²) in [5.41, 5.74) is 8.46. The van der Waals surface area contributed by atoms with Crippen molar-refractivity contribution in [2.45, 2.75) is 18.8 Å². The Kier molecular flexibility index (Phi) is 6.80. The van der Waals surface area contributed by atoms with Gasteiger partial charge in [-0.15, -0.1) is 0 Å². The predicted molar refractivity (Wildman–Crippen MR) is 121 cm³/mol. The van der Waals surface area contributed by atoms with Crippen LogP contribution in [0.1, 0.15) is 29.3 Å². The van der Waals surface area contributed by atoms with Gasteiger partial charge < -0.3 is 15.4 Å². The molecule has 0 radical (unpaired) electrons. The molecule has 2 aromatic carbocycles. The number of alkyl halides is 1. The molecule has 0 aromatic heterocycles. The molecule has 30 heavy (non-hydrogen) atoms. The van der Waals surface area contributed by atoms with Crippen molar-refractivity contribution in [3.63, 3.8) is 0 Å². The van der Waals surface area contributed by atoms with Crippen molar-refractivity contribution in [3.05, 3.63) is 64.2 Å². The Morgan fingerprint density at radius 2 is 2.00 bits per heavy atom. The van der Waals surface area contributed by atoms with E-state index < -0.39 is 5.91 Å². The fourth-order valence-corrected chi connectivity index (χ4v) is 3.66. The van der Waals surface area contributed by atoms with Crippen LogP contribution in [0.2, 0.25) is 5.02 Å². The van der Waals surface area contributed by atoms with Crippen LogP contribution in [0.5, 0.6) is 5.75 Å². The molecule has 1 heterocycles. The molecule has 3 rings (SSSR count). The lowest BCUT2D eigenvalue weighted by Crippen LogP contribution is -2.27. The van der Waals surface area contributed by atoms with Gasteiger partial charge in [-0.1, -0.05) is 40.9 Å². The summed E-state index contributed by atoms with van der Waals surface area (Å²) >= 11 is 12.5. The van der Waals surface area contributed by atoms with Crippen LogP contribution < -0.4 is 15.4 Å². The minimum Gasteiger partial charge on any atom is -0.482 e. The number of hydrogen-bond donors (Lipinski definition) is 1. The van der Waals surface area contributed by atoms with E-state index in [0.717, 1.165) is 16.7 Å². The van der Waals surface area contributed by atoms with Crippen molar-refractivity contribution in [1.82, 2.24) is 0 Å². The lowest BCUT2D eigenvalue weighted by Gasteiger charge is -2.22. The van der Waals surface area contributed by atoms with Gasteiger partial charge in [-0.3, -0.25) is 14.6 Å². The smallest absolute Gasteiger partial charge is 0.258 e. The number of halogens is 2. The molecule has 1 aliphatic rings. The number of carbonyl (C=O) groups is 2. The average molecular weight is 446 g/mol. The highest BCUT2D eigenvalue weighted by Gasteiger charge is 2.21. The van der Waals surface area contributed by atoms with Crippen molar-refractivity contribution >= 4 is 52.5 Å². The van der Waals surface area contributed by atoms with Crippen LogP contribution in [-0.2, 0) is 4.79 Å². The molecular weight excluding hydrogens is 425 g/mol. The number of nitrogens with two attached hydrogens (primary N) is 1. The molecule has 156 valence electrons. The summed E-state index contributed by atoms with van der Waals surface area (Å²) in [6.45, 7) is 1.69. The molecule has 1 aliphatic heterocycles. The van der Waals surface area contributed by atoms with Crippen LogP contribution in [0, 0.1) is 0 Å². The Bertz CT molecular complexity index is 1050. The molecule has 8 heteroatoms. The second-order valence-electron chi connectivity index (χ2n) is 6.89. The third-order valence-electron chi connectivity index (χ3n) is 4.70. The maximum Gasteiger partial charge on any atom is 0.258 e. The van der Waals surface area contributed by atoms with Gasteiger partial charge in [0.25, 0.3) is 11.8 Å². The van der Waals surface area contributed by atoms with Gasteiger partial charge in [-0.25, -0.2) is 0 Å². The van der Waals surface area contributed by atoms with E-state index in [9.17, 15) is 9.59 Å². The third-order valence-corrected chi connectivity index (χ3v) is 5.30. The number of aliphatic imine (C=N–C) groups is 1. The molecule has 2 aromatic rings. The van der Waals surface area contributed by atoms with E-state index in [4.69, 9.17) is 33.7 Å². The monoisotopic (exact) mass is 445 g/mol. The van der Waals surface area contributed by atoms with Gasteiger partial charge >= 0.3 is 0 Å². The summed E-state index contributed by atoms with van der Waals surface area (Å²) in [6.07, 6.45) is 2.31. The lowest BCUT2D eigenvalue weighted by atomic mass is 9.96. The van der Waals surface area contributed by atoms with Crippen LogP contribution in [-0.4, -0.2) is 37.2 Å². The first kappa shape index (κ1) is 21.9. The largest absolute Gasteiger partial charge is 0.482 e. The minimum atomic E-state index is -0.599. The average Bonchev–Trinajstić information content (AvgIpc) is 2.72. The van der Waals surface area contributed by atoms with Crippen molar-refractivity contribution in [1.29, 1.82) is 0 Å². The number of dihydropyridines is 1. The molecule has 1 atom stereocenters. The van der Waals surface area contributed by atoms with E-state index in [1.165, 1.54) is 4.90 Å². The molecule has 0 aliphatic carbocycles. The quantitative estimate of drug-likeness (QED) is 0.531. The molecule has 0 spiro atoms. The number of carbonyl (C=O) groups excluding carboxylic acids is 2. The van der Waals surface area contributed by atoms with Gasteiger partial charge in [0.15, 0.2) is 6.61 Å². The number of rotatable bonds is 6. The van der Waals surface area contributed by atoms with E-state index in [1.807, 2.05) is 6.92 Å². The van der Waals surface area contributed by atoms with Gasteiger partial charge in [-0.2, -0.15) is 0 Å². The zero-order chi connectivity index (χ0) is 21.8. The number of allylic oxidation sites excluding steroid dienone is 1. The lowest BCUT2D eigenvalue weighted by molar-refractivity contribution is -0.119. The SMILES string of the molecule is CC1=C(c2cc(C(=O)N(C)c3ccccc3OCC(N)=O)ccc2Cl)C=NC(Cl)C1. The van der Waals surface area contributed by atoms with Crippen molar-refractivity contribution < 1.29 is 14.3 Å². The molecule has 1 unspecified atom stereocenters. The van der Waals surface area contributed by atoms with Crippen LogP contribution in [0.4, 0.5) is 5.69 Å². The van der Waals surface area contributed by atoms with Gasteiger partial charge in [-0.05, 0) is 37.3 Å². The zero-order valence-electron chi connectivity index (χ0n) is 16.6. The Morgan fingerprint density at radius 1 is 1.27 bits per heavy atom. The highest BCUT2D eigenvalue weighted by molar-refractivity contribution is 6.34. The van der Waals surface area contributed by atoms with Crippen LogP contribution in [0.15, 0.2) is 53.0 Å². The Hall–Kier alpha value is -2.83. The normalized spacial score (nSPS) is 15.8. The Balaban J connectivity index is 1.92. The summed E-state index contributed by atoms with van der Waals surface area (Å²) in [5, 5.41) is 0.521. The summed E-state index contributed by atoms with van der Waals surface area (Å²) in [7, 11) is 1.63. The van der Waals surface area contributed by atoms with E-state index in [-0.39, 0.29) is 18.0 Å². The number of amides is 2. The van der Waals surface area contributed by atoms with Crippen LogP contribution in [0.25, 0.3) is 5.57 Å². The summed E-state index contributed by atoms with van der Waals surface area (Å²) in [5.74, 6) is -0.477. The van der Waals surface area contributed by atoms with Crippen molar-refractivity contribution in [3.8, 4) is 5.75 Å². The zero-order valence-corrected chi connectivity index (χ0v) is 18.1. The van der Waals surface area contributed by atoms with Gasteiger partial charge in [0.2, 0.25) is 0 Å². The molecule has 0 saturated heterocycles. The molecule has 0 fully saturated rings. The van der Waals surface area contributed by atoms with E-state index in [0.29, 0.717) is 28.4 Å². The highest BCUT2D eigenvalue weighted by atomic mass is 35.5. The predicted octanol–water partition coefficient (Wildman–Crippen LogP) is 4.29. The van der Waals surface area contributed by atoms with Gasteiger partial charge in [0.05, 0.1) is 5.69 Å². The topological polar surface area (TPSA) is 85.0 Å². The van der Waals surface area contributed by atoms with Gasteiger partial charge in [0.1, 0.15) is 11.3 Å². The number of benzene rings is 2. The summed E-state index contributed by atoms with van der Waals surface area (Å²) in [4.78, 5) is 29.9. The fraction of sp³-hybridized carbons (Fsp3) is 0.227. The second kappa shape index (κ2) is 9.32.